The van der Waals surface area contributed by atoms with Gasteiger partial charge in [-0.15, -0.1) is 10.2 Å². The number of hydrogen-bond acceptors (Lipinski definition) is 6. The third kappa shape index (κ3) is 3.27. The second kappa shape index (κ2) is 6.93. The zero-order valence-corrected chi connectivity index (χ0v) is 14.3. The van der Waals surface area contributed by atoms with Crippen molar-refractivity contribution >= 4 is 23.1 Å². The highest BCUT2D eigenvalue weighted by Crippen LogP contribution is 2.24. The highest BCUT2D eigenvalue weighted by atomic mass is 32.2. The normalized spacial score (nSPS) is 10.9. The molecule has 0 radical (unpaired) electrons. The Kier molecular flexibility index (Phi) is 4.32. The minimum atomic E-state index is -0.399. The number of benzene rings is 2. The number of nitro groups is 1. The number of hydrogen-bond donors (Lipinski definition) is 0. The van der Waals surface area contributed by atoms with E-state index >= 15 is 0 Å². The van der Waals surface area contributed by atoms with Gasteiger partial charge in [-0.2, -0.15) is 9.61 Å². The van der Waals surface area contributed by atoms with Gasteiger partial charge in [0.15, 0.2) is 11.5 Å². The molecule has 4 rings (SSSR count). The van der Waals surface area contributed by atoms with Crippen LogP contribution in [0, 0.1) is 10.1 Å². The first-order chi connectivity index (χ1) is 12.7. The Hall–Kier alpha value is -3.26. The van der Waals surface area contributed by atoms with Crippen molar-refractivity contribution in [3.05, 3.63) is 82.4 Å². The van der Waals surface area contributed by atoms with Crippen LogP contribution >= 0.6 is 11.8 Å². The van der Waals surface area contributed by atoms with Gasteiger partial charge >= 0.3 is 0 Å². The van der Waals surface area contributed by atoms with E-state index in [0.717, 1.165) is 16.2 Å². The van der Waals surface area contributed by atoms with Crippen molar-refractivity contribution in [3.63, 3.8) is 0 Å². The van der Waals surface area contributed by atoms with Crippen molar-refractivity contribution in [3.8, 4) is 11.4 Å². The van der Waals surface area contributed by atoms with E-state index in [1.807, 2.05) is 42.5 Å². The highest BCUT2D eigenvalue weighted by molar-refractivity contribution is 7.98. The van der Waals surface area contributed by atoms with Gasteiger partial charge in [0, 0.05) is 23.4 Å². The van der Waals surface area contributed by atoms with Crippen LogP contribution in [0.2, 0.25) is 0 Å². The van der Waals surface area contributed by atoms with Gasteiger partial charge in [-0.3, -0.25) is 10.1 Å². The topological polar surface area (TPSA) is 86.2 Å². The molecule has 128 valence electrons. The minimum Gasteiger partial charge on any atom is -0.258 e. The van der Waals surface area contributed by atoms with Crippen LogP contribution in [-0.4, -0.2) is 24.7 Å². The molecule has 0 fully saturated rings. The molecule has 0 amide bonds. The van der Waals surface area contributed by atoms with Crippen molar-refractivity contribution in [1.82, 2.24) is 19.8 Å². The summed E-state index contributed by atoms with van der Waals surface area (Å²) in [6, 6.07) is 20.1. The van der Waals surface area contributed by atoms with E-state index in [9.17, 15) is 10.1 Å². The second-order valence-corrected chi connectivity index (χ2v) is 6.54. The molecule has 2 heterocycles. The molecular formula is C18H13N5O2S. The smallest absolute Gasteiger partial charge is 0.258 e. The fourth-order valence-electron chi connectivity index (χ4n) is 2.49. The summed E-state index contributed by atoms with van der Waals surface area (Å²) in [5, 5.41) is 24.5. The van der Waals surface area contributed by atoms with E-state index in [2.05, 4.69) is 15.3 Å². The fourth-order valence-corrected chi connectivity index (χ4v) is 3.30. The predicted molar refractivity (Wildman–Crippen MR) is 98.9 cm³/mol. The van der Waals surface area contributed by atoms with E-state index in [0.29, 0.717) is 17.2 Å². The molecule has 0 N–H and O–H groups in total. The quantitative estimate of drug-likeness (QED) is 0.303. The summed E-state index contributed by atoms with van der Waals surface area (Å²) in [6.07, 6.45) is 0. The number of rotatable bonds is 5. The van der Waals surface area contributed by atoms with Crippen LogP contribution in [0.5, 0.6) is 0 Å². The lowest BCUT2D eigenvalue weighted by Gasteiger charge is -2.03. The van der Waals surface area contributed by atoms with E-state index in [1.54, 1.807) is 28.4 Å². The number of nitrogens with zero attached hydrogens (tertiary/aromatic N) is 5. The van der Waals surface area contributed by atoms with Crippen molar-refractivity contribution in [2.75, 3.05) is 0 Å². The van der Waals surface area contributed by atoms with Crippen molar-refractivity contribution in [2.24, 2.45) is 0 Å². The Labute approximate surface area is 152 Å². The lowest BCUT2D eigenvalue weighted by atomic mass is 10.2. The second-order valence-electron chi connectivity index (χ2n) is 5.54. The molecule has 0 aliphatic carbocycles. The molecule has 0 bridgehead atoms. The summed E-state index contributed by atoms with van der Waals surface area (Å²) in [5.41, 5.74) is 2.72. The van der Waals surface area contributed by atoms with Crippen LogP contribution in [0.4, 0.5) is 5.69 Å². The third-order valence-corrected chi connectivity index (χ3v) is 4.80. The van der Waals surface area contributed by atoms with Crippen molar-refractivity contribution < 1.29 is 4.92 Å². The molecule has 0 spiro atoms. The van der Waals surface area contributed by atoms with Crippen molar-refractivity contribution in [1.29, 1.82) is 0 Å². The van der Waals surface area contributed by atoms with E-state index in [4.69, 9.17) is 0 Å². The largest absolute Gasteiger partial charge is 0.269 e. The van der Waals surface area contributed by atoms with Gasteiger partial charge in [0.05, 0.1) is 4.92 Å². The van der Waals surface area contributed by atoms with Crippen LogP contribution < -0.4 is 0 Å². The summed E-state index contributed by atoms with van der Waals surface area (Å²) >= 11 is 1.55. The van der Waals surface area contributed by atoms with Crippen LogP contribution in [0.3, 0.4) is 0 Å². The molecule has 0 aliphatic heterocycles. The predicted octanol–water partition coefficient (Wildman–Crippen LogP) is 3.99. The molecule has 7 nitrogen and oxygen atoms in total. The lowest BCUT2D eigenvalue weighted by molar-refractivity contribution is -0.384. The average molecular weight is 363 g/mol. The zero-order chi connectivity index (χ0) is 17.9. The van der Waals surface area contributed by atoms with E-state index < -0.39 is 4.92 Å². The highest BCUT2D eigenvalue weighted by Gasteiger charge is 2.10. The van der Waals surface area contributed by atoms with Gasteiger partial charge < -0.3 is 0 Å². The van der Waals surface area contributed by atoms with E-state index in [1.165, 1.54) is 12.1 Å². The number of aromatic nitrogens is 4. The molecule has 8 heteroatoms. The van der Waals surface area contributed by atoms with Gasteiger partial charge in [0.25, 0.3) is 5.69 Å². The molecule has 0 saturated heterocycles. The Morgan fingerprint density at radius 1 is 0.962 bits per heavy atom. The molecule has 0 aliphatic rings. The molecule has 2 aromatic heterocycles. The Morgan fingerprint density at radius 2 is 1.73 bits per heavy atom. The van der Waals surface area contributed by atoms with Gasteiger partial charge in [0.2, 0.25) is 0 Å². The summed E-state index contributed by atoms with van der Waals surface area (Å²) in [6.45, 7) is 0. The van der Waals surface area contributed by atoms with E-state index in [-0.39, 0.29) is 5.69 Å². The van der Waals surface area contributed by atoms with Gasteiger partial charge in [-0.25, -0.2) is 0 Å². The van der Waals surface area contributed by atoms with Gasteiger partial charge in [-0.1, -0.05) is 54.2 Å². The monoisotopic (exact) mass is 363 g/mol. The average Bonchev–Trinajstić information content (AvgIpc) is 3.10. The summed E-state index contributed by atoms with van der Waals surface area (Å²) in [7, 11) is 0. The maximum atomic E-state index is 10.7. The summed E-state index contributed by atoms with van der Waals surface area (Å²) in [5.74, 6) is 1.36. The molecule has 0 saturated carbocycles. The number of nitro benzene ring substituents is 1. The van der Waals surface area contributed by atoms with Crippen LogP contribution in [0.1, 0.15) is 5.56 Å². The molecule has 26 heavy (non-hydrogen) atoms. The lowest BCUT2D eigenvalue weighted by Crippen LogP contribution is -1.96. The van der Waals surface area contributed by atoms with Crippen LogP contribution in [0.15, 0.2) is 71.8 Å². The Balaban J connectivity index is 1.56. The molecular weight excluding hydrogens is 350 g/mol. The zero-order valence-electron chi connectivity index (χ0n) is 13.5. The fraction of sp³-hybridized carbons (Fsp3) is 0.0556. The third-order valence-electron chi connectivity index (χ3n) is 3.80. The Bertz CT molecular complexity index is 1060. The molecule has 0 unspecified atom stereocenters. The molecule has 2 aromatic carbocycles. The first kappa shape index (κ1) is 16.2. The first-order valence-corrected chi connectivity index (χ1v) is 8.83. The Morgan fingerprint density at radius 3 is 2.46 bits per heavy atom. The van der Waals surface area contributed by atoms with Gasteiger partial charge in [0.1, 0.15) is 5.03 Å². The maximum Gasteiger partial charge on any atom is 0.269 e. The SMILES string of the molecule is O=[N+]([O-])c1ccc(CSc2ccc3nnc(-c4ccccc4)n3n2)cc1. The standard InChI is InChI=1S/C18H13N5O2S/c24-23(25)15-8-6-13(7-9-15)12-26-17-11-10-16-19-20-18(22(16)21-17)14-4-2-1-3-5-14/h1-11H,12H2. The van der Waals surface area contributed by atoms with Crippen LogP contribution in [-0.2, 0) is 5.75 Å². The first-order valence-electron chi connectivity index (χ1n) is 7.85. The number of non-ortho nitro benzene ring substituents is 1. The summed E-state index contributed by atoms with van der Waals surface area (Å²) in [4.78, 5) is 10.3. The minimum absolute atomic E-state index is 0.0929. The van der Waals surface area contributed by atoms with Crippen LogP contribution in [0.25, 0.3) is 17.0 Å². The van der Waals surface area contributed by atoms with Gasteiger partial charge in [-0.05, 0) is 17.7 Å². The number of thioether (sulfide) groups is 1. The van der Waals surface area contributed by atoms with Crippen molar-refractivity contribution in [2.45, 2.75) is 10.8 Å². The maximum absolute atomic E-state index is 10.7. The number of fused-ring (bicyclic) bond motifs is 1. The molecule has 0 atom stereocenters. The summed E-state index contributed by atoms with van der Waals surface area (Å²) < 4.78 is 1.73. The molecule has 4 aromatic rings.